The summed E-state index contributed by atoms with van der Waals surface area (Å²) in [5.74, 6) is -2.28. The molecule has 9 nitrogen and oxygen atoms in total. The number of ketones is 1. The number of hydrogen-bond acceptors (Lipinski definition) is 7. The van der Waals surface area contributed by atoms with Crippen LogP contribution in [0, 0.1) is 46.5 Å². The summed E-state index contributed by atoms with van der Waals surface area (Å²) in [5.41, 5.74) is 8.56. The monoisotopic (exact) mass is 830 g/mol. The molecule has 0 amide bonds. The van der Waals surface area contributed by atoms with E-state index in [4.69, 9.17) is 40.5 Å². The van der Waals surface area contributed by atoms with Crippen molar-refractivity contribution in [3.05, 3.63) is 109 Å². The van der Waals surface area contributed by atoms with Gasteiger partial charge in [-0.3, -0.25) is 14.2 Å². The molecule has 0 spiro atoms. The fourth-order valence-electron chi connectivity index (χ4n) is 9.43. The van der Waals surface area contributed by atoms with Crippen molar-refractivity contribution in [2.75, 3.05) is 18.0 Å². The molecule has 0 unspecified atom stereocenters. The van der Waals surface area contributed by atoms with E-state index >= 15 is 0 Å². The minimum atomic E-state index is -1.56. The molecule has 15 heteroatoms. The Balaban J connectivity index is 0.000000161. The van der Waals surface area contributed by atoms with Gasteiger partial charge < -0.3 is 20.8 Å². The van der Waals surface area contributed by atoms with Crippen LogP contribution in [0.5, 0.6) is 0 Å². The maximum absolute atomic E-state index is 14.8. The van der Waals surface area contributed by atoms with Crippen molar-refractivity contribution in [1.29, 1.82) is 0 Å². The summed E-state index contributed by atoms with van der Waals surface area (Å²) in [4.78, 5) is 41.7. The average Bonchev–Trinajstić information content (AvgIpc) is 3.41. The van der Waals surface area contributed by atoms with E-state index in [1.807, 2.05) is 13.0 Å². The lowest BCUT2D eigenvalue weighted by Gasteiger charge is -2.47. The second-order valence-corrected chi connectivity index (χ2v) is 17.0. The Morgan fingerprint density at radius 3 is 2.38 bits per heavy atom. The highest BCUT2D eigenvalue weighted by atomic mass is 35.5. The molecule has 2 saturated carbocycles. The molecule has 7 atom stereocenters. The van der Waals surface area contributed by atoms with Crippen molar-refractivity contribution in [1.82, 2.24) is 9.55 Å². The number of carbonyl (C=O) groups is 2. The van der Waals surface area contributed by atoms with E-state index < -0.39 is 40.0 Å². The van der Waals surface area contributed by atoms with E-state index in [-0.39, 0.29) is 50.3 Å². The highest BCUT2D eigenvalue weighted by Crippen LogP contribution is 2.60. The number of carbonyl (C=O) groups excluding carboxylic acids is 1. The quantitative estimate of drug-likeness (QED) is 0.241. The zero-order valence-electron chi connectivity index (χ0n) is 30.5. The van der Waals surface area contributed by atoms with Gasteiger partial charge in [-0.1, -0.05) is 53.9 Å². The zero-order chi connectivity index (χ0) is 40.4. The number of aliphatic hydroxyl groups is 1. The van der Waals surface area contributed by atoms with Crippen LogP contribution in [-0.4, -0.2) is 56.2 Å². The van der Waals surface area contributed by atoms with Gasteiger partial charge in [-0.15, -0.1) is 0 Å². The highest BCUT2D eigenvalue weighted by molar-refractivity contribution is 6.58. The Morgan fingerprint density at radius 2 is 1.73 bits per heavy atom. The number of piperidine rings is 1. The molecule has 3 aromatic rings. The van der Waals surface area contributed by atoms with E-state index in [1.165, 1.54) is 16.7 Å². The number of anilines is 1. The van der Waals surface area contributed by atoms with Crippen LogP contribution in [0.2, 0.25) is 0 Å². The van der Waals surface area contributed by atoms with Gasteiger partial charge in [0.25, 0.3) is 0 Å². The number of halogens is 6. The van der Waals surface area contributed by atoms with Crippen LogP contribution in [0.4, 0.5) is 19.0 Å². The molecule has 2 aromatic heterocycles. The smallest absolute Gasteiger partial charge is 0.341 e. The molecular formula is C41H40Cl3F3N4O5. The Kier molecular flexibility index (Phi) is 10.9. The van der Waals surface area contributed by atoms with Crippen molar-refractivity contribution in [3.63, 3.8) is 0 Å². The molecule has 1 aromatic carbocycles. The van der Waals surface area contributed by atoms with Gasteiger partial charge in [0, 0.05) is 48.8 Å². The van der Waals surface area contributed by atoms with Gasteiger partial charge >= 0.3 is 5.97 Å². The van der Waals surface area contributed by atoms with Crippen molar-refractivity contribution in [2.45, 2.75) is 64.0 Å². The molecule has 6 aliphatic rings. The lowest BCUT2D eigenvalue weighted by molar-refractivity contribution is -0.114. The summed E-state index contributed by atoms with van der Waals surface area (Å²) in [6.45, 7) is 5.24. The Labute approximate surface area is 335 Å². The fraction of sp³-hybridized carbons (Fsp3) is 0.415. The van der Waals surface area contributed by atoms with E-state index in [9.17, 15) is 37.8 Å². The predicted octanol–water partition coefficient (Wildman–Crippen LogP) is 8.12. The number of benzene rings is 1. The number of nitrogens with two attached hydrogens (primary N) is 1. The zero-order valence-corrected chi connectivity index (χ0v) is 32.8. The van der Waals surface area contributed by atoms with Gasteiger partial charge in [0.1, 0.15) is 21.7 Å². The fourth-order valence-corrected chi connectivity index (χ4v) is 9.43. The largest absolute Gasteiger partial charge is 0.477 e. The maximum Gasteiger partial charge on any atom is 0.341 e. The van der Waals surface area contributed by atoms with Gasteiger partial charge in [-0.2, -0.15) is 0 Å². The van der Waals surface area contributed by atoms with E-state index in [2.05, 4.69) is 24.1 Å². The third-order valence-electron chi connectivity index (χ3n) is 12.7. The molecule has 5 aliphatic carbocycles. The minimum absolute atomic E-state index is 0.0272. The molecule has 0 bridgehead atoms. The van der Waals surface area contributed by atoms with Crippen LogP contribution in [0.3, 0.4) is 0 Å². The van der Waals surface area contributed by atoms with Crippen molar-refractivity contribution >= 4 is 63.4 Å². The number of pyridine rings is 2. The van der Waals surface area contributed by atoms with Gasteiger partial charge in [0.15, 0.2) is 23.1 Å². The van der Waals surface area contributed by atoms with Gasteiger partial charge in [0.2, 0.25) is 5.43 Å². The molecule has 1 saturated heterocycles. The molecular weight excluding hydrogens is 792 g/mol. The number of rotatable bonds is 3. The van der Waals surface area contributed by atoms with Crippen LogP contribution in [0.1, 0.15) is 62.7 Å². The predicted molar refractivity (Wildman–Crippen MR) is 210 cm³/mol. The number of carboxylic acids is 1. The molecule has 56 heavy (non-hydrogen) atoms. The summed E-state index contributed by atoms with van der Waals surface area (Å²) in [6.07, 6.45) is 13.1. The van der Waals surface area contributed by atoms with Crippen LogP contribution in [0.25, 0.3) is 16.7 Å². The molecule has 296 valence electrons. The lowest BCUT2D eigenvalue weighted by Crippen LogP contribution is -2.45. The molecule has 0 radical (unpaired) electrons. The molecule has 3 heterocycles. The van der Waals surface area contributed by atoms with Crippen molar-refractivity contribution < 1.29 is 33.0 Å². The number of fused-ring (bicyclic) bond motifs is 6. The topological polar surface area (TPSA) is 139 Å². The highest BCUT2D eigenvalue weighted by Gasteiger charge is 2.57. The van der Waals surface area contributed by atoms with Crippen LogP contribution >= 0.6 is 34.8 Å². The SMILES string of the molecule is C[C@]1(O)CC[C@H]2[C@@H]3CCC4=CC(=O)CCC4=C3C=C[C@@]21C.ClC=C(Cl)Cl.N[C@@H]1[C@H]2CN(c3nc4c(cc3F)c(=O)c(C(=O)O)cn4-c3ccc(F)cc3F)C[C@@H]12. The van der Waals surface area contributed by atoms with Crippen LogP contribution in [-0.2, 0) is 4.79 Å². The first-order valence-corrected chi connectivity index (χ1v) is 19.6. The Bertz CT molecular complexity index is 2330. The molecule has 1 aliphatic heterocycles. The Hall–Kier alpha value is -3.94. The van der Waals surface area contributed by atoms with E-state index in [1.54, 1.807) is 4.90 Å². The molecule has 9 rings (SSSR count). The first-order valence-electron chi connectivity index (χ1n) is 18.4. The van der Waals surface area contributed by atoms with E-state index in [0.717, 1.165) is 66.6 Å². The van der Waals surface area contributed by atoms with E-state index in [0.29, 0.717) is 43.2 Å². The number of nitrogens with zero attached hydrogens (tertiary/aromatic N) is 3. The van der Waals surface area contributed by atoms with Gasteiger partial charge in [-0.05, 0) is 104 Å². The number of hydrogen-bond donors (Lipinski definition) is 3. The summed E-state index contributed by atoms with van der Waals surface area (Å²) in [5, 5.41) is 19.8. The standard InChI is InChI=1S/C20H15F3N4O3.C19H24O2.C2HCl3/c21-8-1-2-15(13(22)3-8)27-7-12(20(29)30)17(28)9-4-14(23)19(25-18(9)27)26-5-10-11(6-26)16(10)24;1-18-9-7-15-14-6-4-13(20)11-12(14)3-5-16(15)17(18)8-10-19(18,2)21;3-1-2(4)5/h1-4,7,10-11,16H,5-6,24H2,(H,29,30);7,9,11,16-17,21H,3-6,8,10H2,1-2H3;1H/t10-,11+,16+;16-,17+,18+,19+;/m.1./s1. The minimum Gasteiger partial charge on any atom is -0.477 e. The molecule has 3 fully saturated rings. The number of aromatic nitrogens is 2. The average molecular weight is 832 g/mol. The third-order valence-corrected chi connectivity index (χ3v) is 13.4. The van der Waals surface area contributed by atoms with Crippen LogP contribution in [0.15, 0.2) is 80.2 Å². The van der Waals surface area contributed by atoms with Crippen molar-refractivity contribution in [2.24, 2.45) is 34.8 Å². The second kappa shape index (κ2) is 15.1. The first-order chi connectivity index (χ1) is 26.4. The number of allylic oxidation sites excluding steroid dienone is 5. The summed E-state index contributed by atoms with van der Waals surface area (Å²) in [7, 11) is 0. The lowest BCUT2D eigenvalue weighted by atomic mass is 9.58. The number of carboxylic acid groups (broad SMARTS) is 1. The normalized spacial score (nSPS) is 29.5. The maximum atomic E-state index is 14.8. The van der Waals surface area contributed by atoms with Gasteiger partial charge in [0.05, 0.1) is 16.7 Å². The summed E-state index contributed by atoms with van der Waals surface area (Å²) < 4.78 is 43.8. The number of aromatic carboxylic acids is 1. The van der Waals surface area contributed by atoms with Crippen molar-refractivity contribution in [3.8, 4) is 5.69 Å². The van der Waals surface area contributed by atoms with Gasteiger partial charge in [-0.25, -0.2) is 22.9 Å². The third kappa shape index (κ3) is 7.12. The second-order valence-electron chi connectivity index (χ2n) is 15.8. The summed E-state index contributed by atoms with van der Waals surface area (Å²) in [6, 6.07) is 3.69. The summed E-state index contributed by atoms with van der Waals surface area (Å²) >= 11 is 14.8. The molecule has 4 N–H and O–H groups in total. The first kappa shape index (κ1) is 40.3. The van der Waals surface area contributed by atoms with Crippen LogP contribution < -0.4 is 16.1 Å². The Morgan fingerprint density at radius 1 is 1.04 bits per heavy atom.